The molecule has 0 fully saturated rings. The largest absolute Gasteiger partial charge is 0.391 e. The van der Waals surface area contributed by atoms with Gasteiger partial charge in [0.1, 0.15) is 54.6 Å². The van der Waals surface area contributed by atoms with Crippen LogP contribution in [0, 0.1) is 0 Å². The molecular formula is C70H96N16O13. The highest BCUT2D eigenvalue weighted by molar-refractivity contribution is 6.00. The lowest BCUT2D eigenvalue weighted by Gasteiger charge is -2.28. The number of rotatable bonds is 42. The molecule has 5 rings (SSSR count). The van der Waals surface area contributed by atoms with E-state index in [4.69, 9.17) is 34.4 Å². The van der Waals surface area contributed by atoms with Crippen LogP contribution in [0.3, 0.4) is 0 Å². The van der Waals surface area contributed by atoms with Crippen LogP contribution >= 0.6 is 0 Å². The van der Waals surface area contributed by atoms with Gasteiger partial charge in [0, 0.05) is 18.5 Å². The minimum absolute atomic E-state index is 0.00425. The van der Waals surface area contributed by atoms with Gasteiger partial charge in [-0.15, -0.1) is 0 Å². The smallest absolute Gasteiger partial charge is 0.251 e. The molecule has 534 valence electrons. The van der Waals surface area contributed by atoms with Crippen molar-refractivity contribution in [3.8, 4) is 22.3 Å². The SMILES string of the molecule is CC(O)C(NC(=O)C(CCN)NC(=O)C(CCN)NC(=O)C(CCc1ccc(-c2ccccc2)cc1)NC(=O)C(Cc1ccccc1)NC(=O)C(N)CCN)C(=O)NCCC(C=O)NC(=O)C(CCN)NC(=O)C(NC(=O)C(CCN)NC(=O)c1ccc(-c2ccccc2)cc1)C(C)O. The Kier molecular flexibility index (Phi) is 33.9. The zero-order valence-corrected chi connectivity index (χ0v) is 55.7. The Balaban J connectivity index is 1.21. The molecule has 5 aromatic rings. The molecule has 5 aromatic carbocycles. The fourth-order valence-electron chi connectivity index (χ4n) is 10.5. The van der Waals surface area contributed by atoms with E-state index >= 15 is 0 Å². The second kappa shape index (κ2) is 42.1. The molecule has 0 radical (unpaired) electrons. The summed E-state index contributed by atoms with van der Waals surface area (Å²) in [5, 5.41) is 47.1. The summed E-state index contributed by atoms with van der Waals surface area (Å²) >= 11 is 0. The van der Waals surface area contributed by atoms with Crippen LogP contribution in [0.25, 0.3) is 22.3 Å². The number of aliphatic hydroxyl groups is 2. The van der Waals surface area contributed by atoms with E-state index in [1.54, 1.807) is 54.6 Å². The Labute approximate surface area is 575 Å². The molecular weight excluding hydrogens is 1270 g/mol. The van der Waals surface area contributed by atoms with E-state index in [-0.39, 0.29) is 103 Å². The van der Waals surface area contributed by atoms with E-state index in [0.29, 0.717) is 11.8 Å². The maximum atomic E-state index is 14.5. The summed E-state index contributed by atoms with van der Waals surface area (Å²) in [5.74, 6) is -8.40. The molecule has 12 atom stereocenters. The van der Waals surface area contributed by atoms with Crippen LogP contribution in [-0.4, -0.2) is 187 Å². The number of amides is 10. The van der Waals surface area contributed by atoms with Crippen molar-refractivity contribution in [3.63, 3.8) is 0 Å². The van der Waals surface area contributed by atoms with Gasteiger partial charge in [0.25, 0.3) is 5.91 Å². The number of carbonyl (C=O) groups excluding carboxylic acids is 11. The van der Waals surface area contributed by atoms with Gasteiger partial charge in [-0.3, -0.25) is 47.9 Å². The van der Waals surface area contributed by atoms with E-state index < -0.39 is 132 Å². The quantitative estimate of drug-likeness (QED) is 0.0178. The topological polar surface area (TPSA) is 505 Å². The summed E-state index contributed by atoms with van der Waals surface area (Å²) < 4.78 is 0. The monoisotopic (exact) mass is 1370 g/mol. The molecule has 0 bridgehead atoms. The van der Waals surface area contributed by atoms with Crippen molar-refractivity contribution in [2.45, 2.75) is 144 Å². The number of hydrogen-bond donors (Lipinski definition) is 18. The molecule has 0 aliphatic heterocycles. The zero-order chi connectivity index (χ0) is 72.4. The third-order valence-electron chi connectivity index (χ3n) is 16.1. The molecule has 29 heteroatoms. The molecule has 0 spiro atoms. The summed E-state index contributed by atoms with van der Waals surface area (Å²) in [6, 6.07) is 28.5. The fraction of sp³-hybridized carbons (Fsp3) is 0.414. The zero-order valence-electron chi connectivity index (χ0n) is 55.7. The molecule has 29 nitrogen and oxygen atoms in total. The van der Waals surface area contributed by atoms with Crippen molar-refractivity contribution in [1.29, 1.82) is 0 Å². The number of aldehydes is 1. The van der Waals surface area contributed by atoms with Gasteiger partial charge in [-0.05, 0) is 143 Å². The number of nitrogens with one attached hydrogen (secondary N) is 10. The van der Waals surface area contributed by atoms with Gasteiger partial charge in [0.15, 0.2) is 0 Å². The highest BCUT2D eigenvalue weighted by Gasteiger charge is 2.36. The van der Waals surface area contributed by atoms with Crippen LogP contribution in [0.5, 0.6) is 0 Å². The molecule has 0 saturated heterocycles. The van der Waals surface area contributed by atoms with Crippen molar-refractivity contribution >= 4 is 65.4 Å². The van der Waals surface area contributed by atoms with Crippen LogP contribution in [0.1, 0.15) is 80.3 Å². The normalized spacial score (nSPS) is 14.7. The molecule has 0 heterocycles. The Hall–Kier alpha value is -9.85. The fourth-order valence-corrected chi connectivity index (χ4v) is 10.5. The predicted molar refractivity (Wildman–Crippen MR) is 372 cm³/mol. The number of carbonyl (C=O) groups is 11. The first-order valence-electron chi connectivity index (χ1n) is 33.0. The second-order valence-corrected chi connectivity index (χ2v) is 23.8. The van der Waals surface area contributed by atoms with Crippen molar-refractivity contribution in [2.24, 2.45) is 34.4 Å². The van der Waals surface area contributed by atoms with E-state index in [2.05, 4.69) is 53.2 Å². The van der Waals surface area contributed by atoms with Gasteiger partial charge in [0.2, 0.25) is 53.2 Å². The third kappa shape index (κ3) is 26.2. The Bertz CT molecular complexity index is 3410. The number of benzene rings is 5. The van der Waals surface area contributed by atoms with Gasteiger partial charge < -0.3 is 103 Å². The summed E-state index contributed by atoms with van der Waals surface area (Å²) in [4.78, 5) is 151. The van der Waals surface area contributed by atoms with Gasteiger partial charge in [-0.2, -0.15) is 0 Å². The molecule has 12 unspecified atom stereocenters. The predicted octanol–water partition coefficient (Wildman–Crippen LogP) is -2.59. The standard InChI is InChI=1S/C70H96N16O13/c1-42(88)59(69(98)77-39-33-51(41-87)78-63(92)54(29-35-72)83-70(99)60(43(2)89)86-66(95)56(31-37-74)79-61(90)50-25-23-49(24-26-50)47-16-10-5-11-17-47)85-67(96)57(32-38-75)82-65(94)55(30-36-73)81-64(93)53(27-20-44-18-21-48(22-19-44)46-14-8-4-9-15-46)80-68(97)58(40-45-12-6-3-7-13-45)84-62(91)52(76)28-34-71/h3-19,21-26,41-43,51-60,88-89H,20,27-40,71-76H2,1-2H3,(H,77,98)(H,78,92)(H,79,90)(H,80,97)(H,81,93)(H,82,94)(H,83,99)(H,84,91)(H,85,96)(H,86,95). The maximum Gasteiger partial charge on any atom is 0.251 e. The van der Waals surface area contributed by atoms with Crippen molar-refractivity contribution in [1.82, 2.24) is 53.2 Å². The highest BCUT2D eigenvalue weighted by atomic mass is 16.3. The molecule has 24 N–H and O–H groups in total. The van der Waals surface area contributed by atoms with Crippen LogP contribution in [0.4, 0.5) is 0 Å². The molecule has 0 saturated carbocycles. The van der Waals surface area contributed by atoms with Gasteiger partial charge in [0.05, 0.1) is 24.3 Å². The van der Waals surface area contributed by atoms with Crippen molar-refractivity contribution < 1.29 is 63.0 Å². The maximum absolute atomic E-state index is 14.5. The van der Waals surface area contributed by atoms with Gasteiger partial charge in [-0.1, -0.05) is 127 Å². The summed E-state index contributed by atoms with van der Waals surface area (Å²) in [6.45, 7) is 1.67. The van der Waals surface area contributed by atoms with Crippen LogP contribution < -0.4 is 87.6 Å². The van der Waals surface area contributed by atoms with Crippen LogP contribution in [0.2, 0.25) is 0 Å². The third-order valence-corrected chi connectivity index (χ3v) is 16.1. The van der Waals surface area contributed by atoms with Gasteiger partial charge >= 0.3 is 0 Å². The Morgan fingerprint density at radius 1 is 0.374 bits per heavy atom. The first kappa shape index (κ1) is 79.8. The number of nitrogens with two attached hydrogens (primary N) is 6. The van der Waals surface area contributed by atoms with Crippen molar-refractivity contribution in [3.05, 3.63) is 156 Å². The molecule has 0 aliphatic rings. The lowest BCUT2D eigenvalue weighted by atomic mass is 9.99. The summed E-state index contributed by atoms with van der Waals surface area (Å²) in [6.07, 6.45) is -3.19. The summed E-state index contributed by atoms with van der Waals surface area (Å²) in [7, 11) is 0. The highest BCUT2D eigenvalue weighted by Crippen LogP contribution is 2.22. The van der Waals surface area contributed by atoms with E-state index in [0.717, 1.165) is 27.8 Å². The number of aryl methyl sites for hydroxylation is 1. The first-order valence-corrected chi connectivity index (χ1v) is 33.0. The van der Waals surface area contributed by atoms with Crippen LogP contribution in [-0.2, 0) is 60.8 Å². The average Bonchev–Trinajstić information content (AvgIpc) is 1.05. The molecule has 10 amide bonds. The van der Waals surface area contributed by atoms with E-state index in [9.17, 15) is 63.0 Å². The lowest BCUT2D eigenvalue weighted by molar-refractivity contribution is -0.136. The van der Waals surface area contributed by atoms with Crippen molar-refractivity contribution in [2.75, 3.05) is 39.3 Å². The molecule has 0 aromatic heterocycles. The van der Waals surface area contributed by atoms with Gasteiger partial charge in [-0.25, -0.2) is 0 Å². The molecule has 99 heavy (non-hydrogen) atoms. The number of aliphatic hydroxyl groups excluding tert-OH is 2. The van der Waals surface area contributed by atoms with Crippen LogP contribution in [0.15, 0.2) is 140 Å². The minimum atomic E-state index is -1.67. The van der Waals surface area contributed by atoms with E-state index in [1.807, 2.05) is 84.9 Å². The van der Waals surface area contributed by atoms with E-state index in [1.165, 1.54) is 13.8 Å². The lowest BCUT2D eigenvalue weighted by Crippen LogP contribution is -2.61. The second-order valence-electron chi connectivity index (χ2n) is 23.8. The summed E-state index contributed by atoms with van der Waals surface area (Å²) in [5.41, 5.74) is 40.6. The minimum Gasteiger partial charge on any atom is -0.391 e. The first-order chi connectivity index (χ1) is 47.5. The number of hydrogen-bond acceptors (Lipinski definition) is 19. The average molecular weight is 1370 g/mol. The Morgan fingerprint density at radius 2 is 0.737 bits per heavy atom. The molecule has 0 aliphatic carbocycles. The Morgan fingerprint density at radius 3 is 1.18 bits per heavy atom.